The van der Waals surface area contributed by atoms with Crippen molar-refractivity contribution in [2.24, 2.45) is 5.10 Å². The third kappa shape index (κ3) is 5.98. The van der Waals surface area contributed by atoms with E-state index in [2.05, 4.69) is 20.7 Å². The molecule has 1 heterocycles. The average molecular weight is 490 g/mol. The molecule has 0 saturated heterocycles. The lowest BCUT2D eigenvalue weighted by Gasteiger charge is -2.11. The van der Waals surface area contributed by atoms with Gasteiger partial charge in [0.25, 0.3) is 5.91 Å². The van der Waals surface area contributed by atoms with Crippen LogP contribution < -0.4 is 14.9 Å². The summed E-state index contributed by atoms with van der Waals surface area (Å²) in [6.07, 6.45) is 1.46. The number of carbonyl (C=O) groups is 1. The zero-order valence-electron chi connectivity index (χ0n) is 19.1. The molecule has 0 saturated carbocycles. The van der Waals surface area contributed by atoms with Crippen molar-refractivity contribution in [2.45, 2.75) is 5.16 Å². The molecule has 4 aromatic rings. The van der Waals surface area contributed by atoms with Gasteiger partial charge in [-0.05, 0) is 66.2 Å². The topological polar surface area (TPSA) is 111 Å². The van der Waals surface area contributed by atoms with E-state index in [1.54, 1.807) is 38.5 Å². The minimum absolute atomic E-state index is 0.0777. The van der Waals surface area contributed by atoms with Gasteiger partial charge in [0, 0.05) is 11.3 Å². The van der Waals surface area contributed by atoms with Gasteiger partial charge >= 0.3 is 0 Å². The number of ether oxygens (including phenoxy) is 2. The number of phenols is 1. The molecule has 0 fully saturated rings. The van der Waals surface area contributed by atoms with Crippen molar-refractivity contribution < 1.29 is 19.4 Å². The zero-order chi connectivity index (χ0) is 24.6. The maximum atomic E-state index is 12.4. The van der Waals surface area contributed by atoms with Crippen LogP contribution in [0.3, 0.4) is 0 Å². The summed E-state index contributed by atoms with van der Waals surface area (Å²) in [7, 11) is 3.22. The summed E-state index contributed by atoms with van der Waals surface area (Å²) < 4.78 is 12.4. The van der Waals surface area contributed by atoms with Crippen LogP contribution in [0.1, 0.15) is 5.56 Å². The van der Waals surface area contributed by atoms with Crippen molar-refractivity contribution in [1.29, 1.82) is 0 Å². The molecule has 10 heteroatoms. The predicted molar refractivity (Wildman–Crippen MR) is 134 cm³/mol. The van der Waals surface area contributed by atoms with Crippen molar-refractivity contribution in [3.8, 4) is 34.3 Å². The Balaban J connectivity index is 1.53. The molecule has 4 rings (SSSR count). The molecule has 0 radical (unpaired) electrons. The number of benzene rings is 3. The van der Waals surface area contributed by atoms with Gasteiger partial charge in [-0.2, -0.15) is 5.10 Å². The van der Waals surface area contributed by atoms with Crippen molar-refractivity contribution in [3.05, 3.63) is 78.4 Å². The molecule has 0 atom stereocenters. The van der Waals surface area contributed by atoms with E-state index in [1.807, 2.05) is 53.1 Å². The molecule has 0 aliphatic carbocycles. The van der Waals surface area contributed by atoms with Crippen molar-refractivity contribution in [3.63, 3.8) is 0 Å². The minimum atomic E-state index is -0.304. The van der Waals surface area contributed by atoms with Gasteiger partial charge in [0.15, 0.2) is 11.0 Å². The molecule has 2 N–H and O–H groups in total. The Morgan fingerprint density at radius 2 is 1.71 bits per heavy atom. The summed E-state index contributed by atoms with van der Waals surface area (Å²) in [6, 6.07) is 21.6. The standard InChI is InChI=1S/C25H23N5O4S/c1-33-21-10-6-18(7-11-21)24-28-29-25(30(24)19-8-12-22(34-2)13-9-19)35-16-23(32)27-26-15-17-4-3-5-20(31)14-17/h3-15,31H,16H2,1-2H3,(H,27,32). The van der Waals surface area contributed by atoms with Gasteiger partial charge in [0.05, 0.1) is 26.2 Å². The Morgan fingerprint density at radius 1 is 1.03 bits per heavy atom. The summed E-state index contributed by atoms with van der Waals surface area (Å²) in [4.78, 5) is 12.4. The third-order valence-corrected chi connectivity index (χ3v) is 5.85. The number of methoxy groups -OCH3 is 2. The Morgan fingerprint density at radius 3 is 2.37 bits per heavy atom. The highest BCUT2D eigenvalue weighted by atomic mass is 32.2. The Labute approximate surface area is 206 Å². The van der Waals surface area contributed by atoms with E-state index in [1.165, 1.54) is 18.0 Å². The number of rotatable bonds is 9. The van der Waals surface area contributed by atoms with Gasteiger partial charge in [-0.25, -0.2) is 5.43 Å². The second-order valence-electron chi connectivity index (χ2n) is 7.24. The maximum absolute atomic E-state index is 12.4. The summed E-state index contributed by atoms with van der Waals surface area (Å²) in [5, 5.41) is 22.7. The number of hydrazone groups is 1. The summed E-state index contributed by atoms with van der Waals surface area (Å²) in [5.74, 6) is 1.99. The van der Waals surface area contributed by atoms with E-state index in [0.29, 0.717) is 16.5 Å². The number of carbonyl (C=O) groups excluding carboxylic acids is 1. The van der Waals surface area contributed by atoms with Crippen LogP contribution in [0.15, 0.2) is 83.1 Å². The van der Waals surface area contributed by atoms with E-state index < -0.39 is 0 Å². The van der Waals surface area contributed by atoms with Gasteiger partial charge in [-0.1, -0.05) is 23.9 Å². The molecule has 0 aliphatic heterocycles. The van der Waals surface area contributed by atoms with Crippen molar-refractivity contribution in [2.75, 3.05) is 20.0 Å². The van der Waals surface area contributed by atoms with Gasteiger partial charge in [0.2, 0.25) is 0 Å². The van der Waals surface area contributed by atoms with Crippen molar-refractivity contribution >= 4 is 23.9 Å². The first kappa shape index (κ1) is 23.8. The molecular formula is C25H23N5O4S. The molecule has 9 nitrogen and oxygen atoms in total. The highest BCUT2D eigenvalue weighted by molar-refractivity contribution is 7.99. The minimum Gasteiger partial charge on any atom is -0.508 e. The zero-order valence-corrected chi connectivity index (χ0v) is 19.9. The van der Waals surface area contributed by atoms with Crippen molar-refractivity contribution in [1.82, 2.24) is 20.2 Å². The number of nitrogens with zero attached hydrogens (tertiary/aromatic N) is 4. The van der Waals surface area contributed by atoms with Crippen LogP contribution >= 0.6 is 11.8 Å². The second-order valence-corrected chi connectivity index (χ2v) is 8.19. The Kier molecular flexibility index (Phi) is 7.63. The molecule has 1 amide bonds. The van der Waals surface area contributed by atoms with Gasteiger partial charge < -0.3 is 14.6 Å². The Hall–Kier alpha value is -4.31. The van der Waals surface area contributed by atoms with Gasteiger partial charge in [-0.3, -0.25) is 9.36 Å². The highest BCUT2D eigenvalue weighted by Crippen LogP contribution is 2.29. The monoisotopic (exact) mass is 489 g/mol. The smallest absolute Gasteiger partial charge is 0.250 e. The average Bonchev–Trinajstić information content (AvgIpc) is 3.31. The molecule has 3 aromatic carbocycles. The number of amides is 1. The van der Waals surface area contributed by atoms with E-state index in [9.17, 15) is 9.90 Å². The normalized spacial score (nSPS) is 10.9. The fourth-order valence-corrected chi connectivity index (χ4v) is 3.95. The summed E-state index contributed by atoms with van der Waals surface area (Å²) >= 11 is 1.24. The quantitative estimate of drug-likeness (QED) is 0.208. The summed E-state index contributed by atoms with van der Waals surface area (Å²) in [5.41, 5.74) is 4.83. The SMILES string of the molecule is COc1ccc(-c2nnc(SCC(=O)NN=Cc3cccc(O)c3)n2-c2ccc(OC)cc2)cc1. The van der Waals surface area contributed by atoms with Crippen LogP contribution in [0.4, 0.5) is 0 Å². The van der Waals surface area contributed by atoms with Crippen LogP contribution in [-0.2, 0) is 4.79 Å². The van der Waals surface area contributed by atoms with Crippen LogP contribution in [0.2, 0.25) is 0 Å². The molecule has 0 bridgehead atoms. The second kappa shape index (κ2) is 11.2. The van der Waals surface area contributed by atoms with Crippen LogP contribution in [-0.4, -0.2) is 52.0 Å². The first-order valence-electron chi connectivity index (χ1n) is 10.6. The molecule has 0 spiro atoms. The number of phenolic OH excluding ortho intramolecular Hbond substituents is 1. The maximum Gasteiger partial charge on any atom is 0.250 e. The van der Waals surface area contributed by atoms with Crippen LogP contribution in [0.5, 0.6) is 17.2 Å². The number of hydrogen-bond donors (Lipinski definition) is 2. The Bertz CT molecular complexity index is 1320. The lowest BCUT2D eigenvalue weighted by Crippen LogP contribution is -2.20. The van der Waals surface area contributed by atoms with Gasteiger partial charge in [-0.15, -0.1) is 10.2 Å². The van der Waals surface area contributed by atoms with E-state index in [0.717, 1.165) is 22.7 Å². The lowest BCUT2D eigenvalue weighted by atomic mass is 10.2. The fraction of sp³-hybridized carbons (Fsp3) is 0.120. The number of aromatic nitrogens is 3. The number of nitrogens with one attached hydrogen (secondary N) is 1. The van der Waals surface area contributed by atoms with E-state index in [4.69, 9.17) is 9.47 Å². The molecular weight excluding hydrogens is 466 g/mol. The number of thioether (sulfide) groups is 1. The largest absolute Gasteiger partial charge is 0.508 e. The first-order chi connectivity index (χ1) is 17.1. The third-order valence-electron chi connectivity index (χ3n) is 4.92. The van der Waals surface area contributed by atoms with Crippen LogP contribution in [0, 0.1) is 0 Å². The van der Waals surface area contributed by atoms with E-state index >= 15 is 0 Å². The highest BCUT2D eigenvalue weighted by Gasteiger charge is 2.17. The van der Waals surface area contributed by atoms with Gasteiger partial charge in [0.1, 0.15) is 17.2 Å². The molecule has 1 aromatic heterocycles. The predicted octanol–water partition coefficient (Wildman–Crippen LogP) is 3.90. The molecule has 35 heavy (non-hydrogen) atoms. The first-order valence-corrected chi connectivity index (χ1v) is 11.5. The fourth-order valence-electron chi connectivity index (χ4n) is 3.20. The molecule has 0 unspecified atom stereocenters. The summed E-state index contributed by atoms with van der Waals surface area (Å²) in [6.45, 7) is 0. The number of hydrogen-bond acceptors (Lipinski definition) is 8. The lowest BCUT2D eigenvalue weighted by molar-refractivity contribution is -0.118. The van der Waals surface area contributed by atoms with E-state index in [-0.39, 0.29) is 17.4 Å². The molecule has 178 valence electrons. The molecule has 0 aliphatic rings. The number of aromatic hydroxyl groups is 1. The van der Waals surface area contributed by atoms with Crippen LogP contribution in [0.25, 0.3) is 17.1 Å².